The molecule has 0 fully saturated rings. The minimum Gasteiger partial charge on any atom is -0.0786 e. The largest absolute Gasteiger partial charge is 0.0786 e. The maximum atomic E-state index is 3.80. The van der Waals surface area contributed by atoms with Gasteiger partial charge in [0.15, 0.2) is 0 Å². The van der Waals surface area contributed by atoms with Crippen LogP contribution in [0, 0.1) is 13.8 Å². The summed E-state index contributed by atoms with van der Waals surface area (Å²) in [5, 5.41) is 0. The van der Waals surface area contributed by atoms with Crippen molar-refractivity contribution in [3.05, 3.63) is 67.6 Å². The predicted molar refractivity (Wildman–Crippen MR) is 88.5 cm³/mol. The summed E-state index contributed by atoms with van der Waals surface area (Å²) in [6.45, 7) is 4.28. The molecule has 1 atom stereocenters. The molecule has 2 aromatic rings. The van der Waals surface area contributed by atoms with E-state index in [2.05, 4.69) is 92.0 Å². The third-order valence-corrected chi connectivity index (χ3v) is 5.13. The number of aryl methyl sites for hydroxylation is 2. The molecule has 2 rings (SSSR count). The molecule has 0 radical (unpaired) electrons. The Morgan fingerprint density at radius 3 is 2.28 bits per heavy atom. The molecular formula is C15H13Br3. The molecule has 0 aliphatic heterocycles. The third-order valence-electron chi connectivity index (χ3n) is 2.93. The average Bonchev–Trinajstić information content (AvgIpc) is 2.31. The Bertz CT molecular complexity index is 576. The van der Waals surface area contributed by atoms with E-state index in [1.54, 1.807) is 0 Å². The van der Waals surface area contributed by atoms with Crippen LogP contribution in [0.2, 0.25) is 0 Å². The van der Waals surface area contributed by atoms with Crippen molar-refractivity contribution in [3.8, 4) is 0 Å². The minimum atomic E-state index is 0.199. The first-order valence-electron chi connectivity index (χ1n) is 5.65. The van der Waals surface area contributed by atoms with E-state index in [1.807, 2.05) is 6.07 Å². The van der Waals surface area contributed by atoms with E-state index in [4.69, 9.17) is 0 Å². The number of alkyl halides is 1. The van der Waals surface area contributed by atoms with Crippen LogP contribution in [0.25, 0.3) is 0 Å². The molecule has 0 saturated carbocycles. The van der Waals surface area contributed by atoms with Crippen molar-refractivity contribution < 1.29 is 0 Å². The normalized spacial score (nSPS) is 12.5. The smallest absolute Gasteiger partial charge is 0.0658 e. The summed E-state index contributed by atoms with van der Waals surface area (Å²) in [5.41, 5.74) is 5.14. The van der Waals surface area contributed by atoms with Gasteiger partial charge in [0.25, 0.3) is 0 Å². The Hall–Kier alpha value is -0.120. The fraction of sp³-hybridized carbons (Fsp3) is 0.200. The van der Waals surface area contributed by atoms with E-state index in [0.717, 1.165) is 8.95 Å². The average molecular weight is 433 g/mol. The highest BCUT2D eigenvalue weighted by molar-refractivity contribution is 9.11. The second-order valence-corrected chi connectivity index (χ2v) is 7.07. The summed E-state index contributed by atoms with van der Waals surface area (Å²) in [5.74, 6) is 0. The predicted octanol–water partition coefficient (Wildman–Crippen LogP) is 6.31. The Morgan fingerprint density at radius 1 is 0.889 bits per heavy atom. The molecule has 0 nitrogen and oxygen atoms in total. The maximum absolute atomic E-state index is 3.80. The van der Waals surface area contributed by atoms with Crippen LogP contribution in [-0.2, 0) is 0 Å². The van der Waals surface area contributed by atoms with Gasteiger partial charge in [-0.2, -0.15) is 0 Å². The summed E-state index contributed by atoms with van der Waals surface area (Å²) in [6.07, 6.45) is 0. The fourth-order valence-corrected chi connectivity index (χ4v) is 4.04. The molecule has 94 valence electrons. The molecule has 0 aliphatic carbocycles. The lowest BCUT2D eigenvalue weighted by Gasteiger charge is -2.16. The fourth-order valence-electron chi connectivity index (χ4n) is 1.99. The van der Waals surface area contributed by atoms with Gasteiger partial charge in [0.2, 0.25) is 0 Å². The Balaban J connectivity index is 2.47. The van der Waals surface area contributed by atoms with E-state index in [1.165, 1.54) is 22.3 Å². The van der Waals surface area contributed by atoms with Crippen LogP contribution in [0.15, 0.2) is 45.3 Å². The Labute approximate surface area is 133 Å². The van der Waals surface area contributed by atoms with Crippen LogP contribution in [0.1, 0.15) is 27.1 Å². The molecule has 0 N–H and O–H groups in total. The first-order chi connectivity index (χ1) is 8.49. The van der Waals surface area contributed by atoms with Crippen molar-refractivity contribution in [2.75, 3.05) is 0 Å². The van der Waals surface area contributed by atoms with Crippen molar-refractivity contribution in [1.29, 1.82) is 0 Å². The van der Waals surface area contributed by atoms with Gasteiger partial charge in [-0.25, -0.2) is 0 Å². The molecular weight excluding hydrogens is 420 g/mol. The number of halogens is 3. The molecule has 0 heterocycles. The van der Waals surface area contributed by atoms with Gasteiger partial charge in [0.1, 0.15) is 0 Å². The van der Waals surface area contributed by atoms with Crippen LogP contribution < -0.4 is 0 Å². The summed E-state index contributed by atoms with van der Waals surface area (Å²) in [4.78, 5) is 0.199. The molecule has 18 heavy (non-hydrogen) atoms. The maximum Gasteiger partial charge on any atom is 0.0658 e. The van der Waals surface area contributed by atoms with Gasteiger partial charge in [-0.15, -0.1) is 0 Å². The van der Waals surface area contributed by atoms with Crippen LogP contribution >= 0.6 is 47.8 Å². The van der Waals surface area contributed by atoms with Crippen LogP contribution in [0.4, 0.5) is 0 Å². The van der Waals surface area contributed by atoms with Gasteiger partial charge in [0, 0.05) is 8.95 Å². The van der Waals surface area contributed by atoms with Crippen molar-refractivity contribution >= 4 is 47.8 Å². The highest BCUT2D eigenvalue weighted by Gasteiger charge is 2.15. The highest BCUT2D eigenvalue weighted by atomic mass is 79.9. The number of benzene rings is 2. The summed E-state index contributed by atoms with van der Waals surface area (Å²) in [7, 11) is 0. The topological polar surface area (TPSA) is 0 Å². The second kappa shape index (κ2) is 5.89. The van der Waals surface area contributed by atoms with Crippen LogP contribution in [-0.4, -0.2) is 0 Å². The summed E-state index contributed by atoms with van der Waals surface area (Å²) in [6, 6.07) is 12.8. The summed E-state index contributed by atoms with van der Waals surface area (Å²) < 4.78 is 2.21. The molecule has 0 aliphatic rings. The van der Waals surface area contributed by atoms with Gasteiger partial charge in [0.05, 0.1) is 4.83 Å². The molecule has 1 unspecified atom stereocenters. The van der Waals surface area contributed by atoms with E-state index >= 15 is 0 Å². The van der Waals surface area contributed by atoms with Gasteiger partial charge in [-0.3, -0.25) is 0 Å². The number of rotatable bonds is 2. The van der Waals surface area contributed by atoms with Gasteiger partial charge in [-0.1, -0.05) is 71.6 Å². The van der Waals surface area contributed by atoms with E-state index < -0.39 is 0 Å². The summed E-state index contributed by atoms with van der Waals surface area (Å²) >= 11 is 10.9. The molecule has 3 heteroatoms. The van der Waals surface area contributed by atoms with Gasteiger partial charge >= 0.3 is 0 Å². The first-order valence-corrected chi connectivity index (χ1v) is 8.15. The lowest BCUT2D eigenvalue weighted by Crippen LogP contribution is -1.97. The zero-order valence-electron chi connectivity index (χ0n) is 10.2. The van der Waals surface area contributed by atoms with E-state index in [-0.39, 0.29) is 4.83 Å². The highest BCUT2D eigenvalue weighted by Crippen LogP contribution is 2.38. The molecule has 0 amide bonds. The lowest BCUT2D eigenvalue weighted by molar-refractivity contribution is 1.12. The standard InChI is InChI=1S/C15H13Br3/c1-9-3-5-12(10(2)7-9)15(18)13-8-11(16)4-6-14(13)17/h3-8,15H,1-2H3. The van der Waals surface area contributed by atoms with Crippen molar-refractivity contribution in [1.82, 2.24) is 0 Å². The molecule has 0 saturated heterocycles. The first kappa shape index (κ1) is 14.3. The van der Waals surface area contributed by atoms with Gasteiger partial charge < -0.3 is 0 Å². The van der Waals surface area contributed by atoms with Gasteiger partial charge in [-0.05, 0) is 48.7 Å². The minimum absolute atomic E-state index is 0.199. The van der Waals surface area contributed by atoms with E-state index in [9.17, 15) is 0 Å². The van der Waals surface area contributed by atoms with Crippen molar-refractivity contribution in [2.45, 2.75) is 18.7 Å². The molecule has 0 spiro atoms. The Morgan fingerprint density at radius 2 is 1.61 bits per heavy atom. The number of hydrogen-bond acceptors (Lipinski definition) is 0. The monoisotopic (exact) mass is 430 g/mol. The molecule has 2 aromatic carbocycles. The lowest BCUT2D eigenvalue weighted by atomic mass is 9.99. The Kier molecular flexibility index (Phi) is 4.68. The van der Waals surface area contributed by atoms with E-state index in [0.29, 0.717) is 0 Å². The molecule has 0 aromatic heterocycles. The van der Waals surface area contributed by atoms with Crippen molar-refractivity contribution in [2.24, 2.45) is 0 Å². The molecule has 0 bridgehead atoms. The zero-order valence-corrected chi connectivity index (χ0v) is 14.9. The van der Waals surface area contributed by atoms with Crippen LogP contribution in [0.3, 0.4) is 0 Å². The zero-order chi connectivity index (χ0) is 13.3. The number of hydrogen-bond donors (Lipinski definition) is 0. The second-order valence-electron chi connectivity index (χ2n) is 4.39. The quantitative estimate of drug-likeness (QED) is 0.487. The third kappa shape index (κ3) is 3.06. The SMILES string of the molecule is Cc1ccc(C(Br)c2cc(Br)ccc2Br)c(C)c1. The van der Waals surface area contributed by atoms with Crippen molar-refractivity contribution in [3.63, 3.8) is 0 Å². The van der Waals surface area contributed by atoms with Crippen LogP contribution in [0.5, 0.6) is 0 Å².